The molecule has 1 amide bonds. The lowest BCUT2D eigenvalue weighted by Gasteiger charge is -2.11. The quantitative estimate of drug-likeness (QED) is 0.460. The molecule has 3 N–H and O–H groups in total. The molecule has 2 aromatic rings. The second-order valence-electron chi connectivity index (χ2n) is 4.73. The number of amidine groups is 1. The monoisotopic (exact) mass is 329 g/mol. The second kappa shape index (κ2) is 8.42. The summed E-state index contributed by atoms with van der Waals surface area (Å²) in [7, 11) is 3.05. The van der Waals surface area contributed by atoms with E-state index in [1.54, 1.807) is 30.3 Å². The van der Waals surface area contributed by atoms with Gasteiger partial charge in [-0.15, -0.1) is 0 Å². The van der Waals surface area contributed by atoms with Crippen molar-refractivity contribution in [3.63, 3.8) is 0 Å². The van der Waals surface area contributed by atoms with E-state index in [1.165, 1.54) is 14.2 Å². The largest absolute Gasteiger partial charge is 0.497 e. The fourth-order valence-corrected chi connectivity index (χ4v) is 1.92. The molecular weight excluding hydrogens is 310 g/mol. The van der Waals surface area contributed by atoms with Crippen LogP contribution in [0.5, 0.6) is 11.5 Å². The van der Waals surface area contributed by atoms with Gasteiger partial charge in [0.25, 0.3) is 5.91 Å². The van der Waals surface area contributed by atoms with Gasteiger partial charge < -0.3 is 25.4 Å². The lowest BCUT2D eigenvalue weighted by molar-refractivity contribution is -0.120. The van der Waals surface area contributed by atoms with Crippen LogP contribution in [0, 0.1) is 0 Å². The summed E-state index contributed by atoms with van der Waals surface area (Å²) in [6.45, 7) is -0.284. The fraction of sp³-hybridized carbons (Fsp3) is 0.176. The number of nitrogens with two attached hydrogens (primary N) is 1. The van der Waals surface area contributed by atoms with Crippen LogP contribution in [-0.4, -0.2) is 32.6 Å². The predicted molar refractivity (Wildman–Crippen MR) is 91.3 cm³/mol. The van der Waals surface area contributed by atoms with E-state index in [1.807, 2.05) is 18.2 Å². The number of oxime groups is 1. The van der Waals surface area contributed by atoms with Gasteiger partial charge in [0.15, 0.2) is 12.4 Å². The number of methoxy groups -OCH3 is 2. The summed E-state index contributed by atoms with van der Waals surface area (Å²) in [5.41, 5.74) is 6.97. The zero-order valence-corrected chi connectivity index (χ0v) is 13.5. The maximum atomic E-state index is 12.0. The first-order chi connectivity index (χ1) is 11.6. The summed E-state index contributed by atoms with van der Waals surface area (Å²) in [6, 6.07) is 14.2. The first-order valence-corrected chi connectivity index (χ1v) is 7.16. The molecule has 126 valence electrons. The van der Waals surface area contributed by atoms with Crippen LogP contribution in [-0.2, 0) is 9.63 Å². The highest BCUT2D eigenvalue weighted by atomic mass is 16.6. The van der Waals surface area contributed by atoms with Gasteiger partial charge in [-0.3, -0.25) is 4.79 Å². The highest BCUT2D eigenvalue weighted by Crippen LogP contribution is 2.28. The Bertz CT molecular complexity index is 717. The average molecular weight is 329 g/mol. The summed E-state index contributed by atoms with van der Waals surface area (Å²) in [5.74, 6) is 0.906. The van der Waals surface area contributed by atoms with E-state index in [0.29, 0.717) is 22.7 Å². The van der Waals surface area contributed by atoms with Crippen molar-refractivity contribution in [1.82, 2.24) is 0 Å². The number of nitrogens with zero attached hydrogens (tertiary/aromatic N) is 1. The van der Waals surface area contributed by atoms with E-state index in [2.05, 4.69) is 10.5 Å². The van der Waals surface area contributed by atoms with Crippen molar-refractivity contribution in [2.75, 3.05) is 26.1 Å². The number of rotatable bonds is 7. The van der Waals surface area contributed by atoms with Crippen LogP contribution >= 0.6 is 0 Å². The number of ether oxygens (including phenoxy) is 2. The molecule has 0 unspecified atom stereocenters. The summed E-state index contributed by atoms with van der Waals surface area (Å²) >= 11 is 0. The zero-order chi connectivity index (χ0) is 17.4. The average Bonchev–Trinajstić information content (AvgIpc) is 2.62. The van der Waals surface area contributed by atoms with Crippen LogP contribution in [0.25, 0.3) is 0 Å². The van der Waals surface area contributed by atoms with Crippen molar-refractivity contribution in [1.29, 1.82) is 0 Å². The zero-order valence-electron chi connectivity index (χ0n) is 13.5. The van der Waals surface area contributed by atoms with Gasteiger partial charge in [0.05, 0.1) is 19.9 Å². The van der Waals surface area contributed by atoms with Gasteiger partial charge in [-0.1, -0.05) is 35.5 Å². The van der Waals surface area contributed by atoms with Crippen molar-refractivity contribution in [2.24, 2.45) is 10.9 Å². The standard InChI is InChI=1S/C17H19N3O4/c1-22-13-8-9-15(23-2)14(10-13)19-16(21)11-24-20-17(18)12-6-4-3-5-7-12/h3-10H,11H2,1-2H3,(H2,18,20)(H,19,21). The molecule has 2 rings (SSSR count). The van der Waals surface area contributed by atoms with Crippen LogP contribution in [0.1, 0.15) is 5.56 Å². The molecule has 0 atom stereocenters. The van der Waals surface area contributed by atoms with E-state index in [9.17, 15) is 4.79 Å². The molecule has 2 aromatic carbocycles. The SMILES string of the molecule is COc1ccc(OC)c(NC(=O)CO/N=C(/N)c2ccccc2)c1. The Hall–Kier alpha value is -3.22. The molecule has 0 saturated carbocycles. The van der Waals surface area contributed by atoms with E-state index >= 15 is 0 Å². The molecule has 0 bridgehead atoms. The van der Waals surface area contributed by atoms with Gasteiger partial charge in [0, 0.05) is 11.6 Å². The molecule has 0 aliphatic rings. The Morgan fingerprint density at radius 2 is 1.88 bits per heavy atom. The van der Waals surface area contributed by atoms with E-state index < -0.39 is 5.91 Å². The Morgan fingerprint density at radius 1 is 1.12 bits per heavy atom. The smallest absolute Gasteiger partial charge is 0.265 e. The molecule has 0 radical (unpaired) electrons. The fourth-order valence-electron chi connectivity index (χ4n) is 1.92. The third kappa shape index (κ3) is 4.64. The maximum Gasteiger partial charge on any atom is 0.265 e. The lowest BCUT2D eigenvalue weighted by atomic mass is 10.2. The molecule has 0 aromatic heterocycles. The second-order valence-corrected chi connectivity index (χ2v) is 4.73. The van der Waals surface area contributed by atoms with Gasteiger partial charge >= 0.3 is 0 Å². The molecule has 0 spiro atoms. The molecule has 0 saturated heterocycles. The lowest BCUT2D eigenvalue weighted by Crippen LogP contribution is -2.19. The van der Waals surface area contributed by atoms with Gasteiger partial charge in [-0.25, -0.2) is 0 Å². The van der Waals surface area contributed by atoms with Gasteiger partial charge in [-0.05, 0) is 12.1 Å². The van der Waals surface area contributed by atoms with Crippen LogP contribution in [0.2, 0.25) is 0 Å². The number of benzene rings is 2. The predicted octanol–water partition coefficient (Wildman–Crippen LogP) is 1.98. The first kappa shape index (κ1) is 17.1. The maximum absolute atomic E-state index is 12.0. The van der Waals surface area contributed by atoms with Gasteiger partial charge in [0.2, 0.25) is 0 Å². The molecule has 0 fully saturated rings. The van der Waals surface area contributed by atoms with E-state index in [0.717, 1.165) is 0 Å². The summed E-state index contributed by atoms with van der Waals surface area (Å²) in [6.07, 6.45) is 0. The number of hydrogen-bond donors (Lipinski definition) is 2. The Kier molecular flexibility index (Phi) is 6.01. The van der Waals surface area contributed by atoms with Crippen LogP contribution < -0.4 is 20.5 Å². The topological polar surface area (TPSA) is 95.2 Å². The number of amides is 1. The van der Waals surface area contributed by atoms with E-state index in [-0.39, 0.29) is 12.4 Å². The highest BCUT2D eigenvalue weighted by molar-refractivity contribution is 5.97. The summed E-state index contributed by atoms with van der Waals surface area (Å²) in [4.78, 5) is 16.9. The van der Waals surface area contributed by atoms with Crippen LogP contribution in [0.15, 0.2) is 53.7 Å². The number of nitrogens with one attached hydrogen (secondary N) is 1. The van der Waals surface area contributed by atoms with Gasteiger partial charge in [-0.2, -0.15) is 0 Å². The molecule has 0 aliphatic heterocycles. The minimum Gasteiger partial charge on any atom is -0.497 e. The minimum absolute atomic E-state index is 0.197. The van der Waals surface area contributed by atoms with Crippen molar-refractivity contribution in [2.45, 2.75) is 0 Å². The number of carbonyl (C=O) groups excluding carboxylic acids is 1. The highest BCUT2D eigenvalue weighted by Gasteiger charge is 2.09. The Morgan fingerprint density at radius 3 is 2.54 bits per heavy atom. The van der Waals surface area contributed by atoms with E-state index in [4.69, 9.17) is 20.0 Å². The summed E-state index contributed by atoms with van der Waals surface area (Å²) in [5, 5.41) is 6.40. The number of hydrogen-bond acceptors (Lipinski definition) is 5. The Balaban J connectivity index is 1.94. The van der Waals surface area contributed by atoms with Crippen molar-refractivity contribution < 1.29 is 19.1 Å². The van der Waals surface area contributed by atoms with Crippen LogP contribution in [0.3, 0.4) is 0 Å². The van der Waals surface area contributed by atoms with Crippen molar-refractivity contribution in [3.05, 3.63) is 54.1 Å². The van der Waals surface area contributed by atoms with Crippen molar-refractivity contribution in [3.8, 4) is 11.5 Å². The first-order valence-electron chi connectivity index (χ1n) is 7.16. The van der Waals surface area contributed by atoms with Crippen LogP contribution in [0.4, 0.5) is 5.69 Å². The third-order valence-corrected chi connectivity index (χ3v) is 3.11. The molecule has 7 nitrogen and oxygen atoms in total. The molecule has 7 heteroatoms. The molecular formula is C17H19N3O4. The Labute approximate surface area is 140 Å². The number of anilines is 1. The normalized spacial score (nSPS) is 10.8. The number of carbonyl (C=O) groups is 1. The molecule has 24 heavy (non-hydrogen) atoms. The van der Waals surface area contributed by atoms with Crippen molar-refractivity contribution >= 4 is 17.4 Å². The van der Waals surface area contributed by atoms with Gasteiger partial charge in [0.1, 0.15) is 11.5 Å². The third-order valence-electron chi connectivity index (χ3n) is 3.11. The summed E-state index contributed by atoms with van der Waals surface area (Å²) < 4.78 is 10.3. The molecule has 0 aliphatic carbocycles. The minimum atomic E-state index is -0.397. The molecule has 0 heterocycles.